The number of aromatic nitrogens is 4. The molecular formula is C14H20ClN5O. The van der Waals surface area contributed by atoms with E-state index in [0.29, 0.717) is 6.04 Å². The average Bonchev–Trinajstić information content (AvgIpc) is 2.83. The largest absolute Gasteiger partial charge is 0.381 e. The van der Waals surface area contributed by atoms with Gasteiger partial charge in [-0.3, -0.25) is 0 Å². The molecule has 0 atom stereocenters. The summed E-state index contributed by atoms with van der Waals surface area (Å²) in [4.78, 5) is 8.69. The molecule has 7 heteroatoms. The van der Waals surface area contributed by atoms with Crippen LogP contribution < -0.4 is 5.32 Å². The van der Waals surface area contributed by atoms with Crippen molar-refractivity contribution in [1.82, 2.24) is 19.7 Å². The summed E-state index contributed by atoms with van der Waals surface area (Å²) >= 11 is 6.09. The minimum Gasteiger partial charge on any atom is -0.381 e. The van der Waals surface area contributed by atoms with Gasteiger partial charge in [-0.25, -0.2) is 4.68 Å². The van der Waals surface area contributed by atoms with Crippen molar-refractivity contribution in [2.75, 3.05) is 18.5 Å². The SMILES string of the molecule is CC(C)(C)n1ncc2c(NC3CCOCC3)nc(Cl)nc21. The van der Waals surface area contributed by atoms with E-state index in [1.807, 2.05) is 4.68 Å². The van der Waals surface area contributed by atoms with E-state index < -0.39 is 0 Å². The minimum atomic E-state index is -0.157. The molecule has 0 aromatic carbocycles. The Morgan fingerprint density at radius 2 is 2.00 bits per heavy atom. The number of hydrogen-bond acceptors (Lipinski definition) is 5. The van der Waals surface area contributed by atoms with Gasteiger partial charge >= 0.3 is 0 Å². The molecule has 0 amide bonds. The Morgan fingerprint density at radius 3 is 2.67 bits per heavy atom. The Labute approximate surface area is 128 Å². The Balaban J connectivity index is 2.00. The van der Waals surface area contributed by atoms with E-state index in [2.05, 4.69) is 41.2 Å². The molecule has 6 nitrogen and oxygen atoms in total. The fourth-order valence-electron chi connectivity index (χ4n) is 2.52. The summed E-state index contributed by atoms with van der Waals surface area (Å²) in [6.45, 7) is 7.81. The highest BCUT2D eigenvalue weighted by molar-refractivity contribution is 6.28. The van der Waals surface area contributed by atoms with Crippen LogP contribution in [0.4, 0.5) is 5.82 Å². The first-order chi connectivity index (χ1) is 9.95. The lowest BCUT2D eigenvalue weighted by atomic mass is 10.1. The van der Waals surface area contributed by atoms with E-state index in [-0.39, 0.29) is 10.8 Å². The summed E-state index contributed by atoms with van der Waals surface area (Å²) in [7, 11) is 0. The molecule has 1 aliphatic heterocycles. The van der Waals surface area contributed by atoms with Crippen LogP contribution in [-0.2, 0) is 10.3 Å². The molecule has 1 fully saturated rings. The summed E-state index contributed by atoms with van der Waals surface area (Å²) in [5.74, 6) is 0.757. The fourth-order valence-corrected chi connectivity index (χ4v) is 2.68. The van der Waals surface area contributed by atoms with Gasteiger partial charge in [0.05, 0.1) is 17.1 Å². The van der Waals surface area contributed by atoms with Crippen molar-refractivity contribution in [2.24, 2.45) is 0 Å². The molecule has 0 spiro atoms. The molecule has 0 saturated carbocycles. The van der Waals surface area contributed by atoms with Crippen molar-refractivity contribution in [3.63, 3.8) is 0 Å². The summed E-state index contributed by atoms with van der Waals surface area (Å²) in [6.07, 6.45) is 3.74. The number of hydrogen-bond donors (Lipinski definition) is 1. The molecule has 3 heterocycles. The molecule has 1 saturated heterocycles. The molecule has 0 bridgehead atoms. The van der Waals surface area contributed by atoms with E-state index in [0.717, 1.165) is 42.9 Å². The summed E-state index contributed by atoms with van der Waals surface area (Å²) in [5.41, 5.74) is 0.604. The Hall–Kier alpha value is -1.40. The number of nitrogens with one attached hydrogen (secondary N) is 1. The van der Waals surface area contributed by atoms with Crippen LogP contribution in [0.15, 0.2) is 6.20 Å². The molecule has 21 heavy (non-hydrogen) atoms. The number of halogens is 1. The number of anilines is 1. The fraction of sp³-hybridized carbons (Fsp3) is 0.643. The second-order valence-electron chi connectivity index (χ2n) is 6.34. The van der Waals surface area contributed by atoms with Gasteiger partial charge in [0.15, 0.2) is 5.65 Å². The van der Waals surface area contributed by atoms with Gasteiger partial charge in [0.2, 0.25) is 5.28 Å². The van der Waals surface area contributed by atoms with Crippen LogP contribution in [0.25, 0.3) is 11.0 Å². The minimum absolute atomic E-state index is 0.157. The molecule has 3 rings (SSSR count). The Bertz CT molecular complexity index is 643. The second kappa shape index (κ2) is 5.42. The predicted octanol–water partition coefficient (Wildman–Crippen LogP) is 2.83. The third-order valence-electron chi connectivity index (χ3n) is 3.60. The van der Waals surface area contributed by atoms with E-state index in [9.17, 15) is 0 Å². The quantitative estimate of drug-likeness (QED) is 0.864. The van der Waals surface area contributed by atoms with E-state index in [1.165, 1.54) is 0 Å². The lowest BCUT2D eigenvalue weighted by molar-refractivity contribution is 0.0904. The first-order valence-electron chi connectivity index (χ1n) is 7.21. The van der Waals surface area contributed by atoms with Crippen molar-refractivity contribution in [1.29, 1.82) is 0 Å². The third kappa shape index (κ3) is 2.96. The molecule has 0 radical (unpaired) electrons. The van der Waals surface area contributed by atoms with Crippen LogP contribution in [-0.4, -0.2) is 39.0 Å². The standard InChI is InChI=1S/C14H20ClN5O/c1-14(2,3)20-12-10(8-16-20)11(18-13(15)19-12)17-9-4-6-21-7-5-9/h8-9H,4-7H2,1-3H3,(H,17,18,19). The highest BCUT2D eigenvalue weighted by atomic mass is 35.5. The van der Waals surface area contributed by atoms with E-state index in [4.69, 9.17) is 16.3 Å². The maximum absolute atomic E-state index is 6.09. The smallest absolute Gasteiger partial charge is 0.226 e. The van der Waals surface area contributed by atoms with Crippen molar-refractivity contribution in [3.8, 4) is 0 Å². The number of rotatable bonds is 2. The Morgan fingerprint density at radius 1 is 1.29 bits per heavy atom. The van der Waals surface area contributed by atoms with Gasteiger partial charge in [-0.05, 0) is 45.2 Å². The third-order valence-corrected chi connectivity index (χ3v) is 3.77. The normalized spacial score (nSPS) is 17.3. The lowest BCUT2D eigenvalue weighted by Crippen LogP contribution is -2.28. The van der Waals surface area contributed by atoms with Crippen molar-refractivity contribution in [3.05, 3.63) is 11.5 Å². The van der Waals surface area contributed by atoms with Crippen molar-refractivity contribution in [2.45, 2.75) is 45.2 Å². The summed E-state index contributed by atoms with van der Waals surface area (Å²) < 4.78 is 7.26. The Kier molecular flexibility index (Phi) is 3.75. The van der Waals surface area contributed by atoms with Gasteiger partial charge in [-0.15, -0.1) is 0 Å². The molecule has 2 aromatic rings. The zero-order valence-electron chi connectivity index (χ0n) is 12.6. The zero-order chi connectivity index (χ0) is 15.0. The molecule has 114 valence electrons. The van der Waals surface area contributed by atoms with Gasteiger partial charge < -0.3 is 10.1 Å². The number of nitrogens with zero attached hydrogens (tertiary/aromatic N) is 4. The van der Waals surface area contributed by atoms with Gasteiger partial charge in [0, 0.05) is 19.3 Å². The van der Waals surface area contributed by atoms with E-state index in [1.54, 1.807) is 6.20 Å². The maximum atomic E-state index is 6.09. The molecule has 0 aliphatic carbocycles. The highest BCUT2D eigenvalue weighted by Crippen LogP contribution is 2.27. The first-order valence-corrected chi connectivity index (χ1v) is 7.59. The second-order valence-corrected chi connectivity index (χ2v) is 6.67. The maximum Gasteiger partial charge on any atom is 0.226 e. The van der Waals surface area contributed by atoms with Crippen LogP contribution in [0.5, 0.6) is 0 Å². The van der Waals surface area contributed by atoms with Gasteiger partial charge in [-0.2, -0.15) is 15.1 Å². The zero-order valence-corrected chi connectivity index (χ0v) is 13.3. The molecule has 0 unspecified atom stereocenters. The average molecular weight is 310 g/mol. The number of ether oxygens (including phenoxy) is 1. The predicted molar refractivity (Wildman–Crippen MR) is 82.8 cm³/mol. The van der Waals surface area contributed by atoms with Crippen molar-refractivity contribution < 1.29 is 4.74 Å². The summed E-state index contributed by atoms with van der Waals surface area (Å²) in [5, 5.41) is 9.06. The molecular weight excluding hydrogens is 290 g/mol. The highest BCUT2D eigenvalue weighted by Gasteiger charge is 2.22. The van der Waals surface area contributed by atoms with Crippen LogP contribution in [0, 0.1) is 0 Å². The lowest BCUT2D eigenvalue weighted by Gasteiger charge is -2.24. The van der Waals surface area contributed by atoms with Crippen LogP contribution in [0.2, 0.25) is 5.28 Å². The number of fused-ring (bicyclic) bond motifs is 1. The summed E-state index contributed by atoms with van der Waals surface area (Å²) in [6, 6.07) is 0.353. The van der Waals surface area contributed by atoms with Gasteiger partial charge in [0.1, 0.15) is 5.82 Å². The van der Waals surface area contributed by atoms with Gasteiger partial charge in [-0.1, -0.05) is 0 Å². The first kappa shape index (κ1) is 14.5. The van der Waals surface area contributed by atoms with Gasteiger partial charge in [0.25, 0.3) is 0 Å². The van der Waals surface area contributed by atoms with Crippen LogP contribution >= 0.6 is 11.6 Å². The van der Waals surface area contributed by atoms with Crippen LogP contribution in [0.1, 0.15) is 33.6 Å². The van der Waals surface area contributed by atoms with Crippen molar-refractivity contribution >= 4 is 28.5 Å². The molecule has 1 aliphatic rings. The molecule has 2 aromatic heterocycles. The van der Waals surface area contributed by atoms with E-state index >= 15 is 0 Å². The molecule has 1 N–H and O–H groups in total. The van der Waals surface area contributed by atoms with Crippen LogP contribution in [0.3, 0.4) is 0 Å². The monoisotopic (exact) mass is 309 g/mol. The topological polar surface area (TPSA) is 64.9 Å².